The topological polar surface area (TPSA) is 26.0 Å². The van der Waals surface area contributed by atoms with Gasteiger partial charge in [0.05, 0.1) is 5.69 Å². The summed E-state index contributed by atoms with van der Waals surface area (Å²) in [4.78, 5) is 4.80. The molecule has 2 heteroatoms. The summed E-state index contributed by atoms with van der Waals surface area (Å²) in [7, 11) is 0. The van der Waals surface area contributed by atoms with Gasteiger partial charge in [-0.2, -0.15) is 0 Å². The van der Waals surface area contributed by atoms with Gasteiger partial charge in [-0.15, -0.1) is 0 Å². The number of pyridine rings is 1. The summed E-state index contributed by atoms with van der Waals surface area (Å²) in [6.07, 6.45) is 8.59. The Morgan fingerprint density at radius 1 is 0.857 bits per heavy atom. The Bertz CT molecular complexity index is 1500. The van der Waals surface area contributed by atoms with Crippen molar-refractivity contribution in [3.05, 3.63) is 90.1 Å². The molecule has 35 heavy (non-hydrogen) atoms. The molecule has 0 amide bonds. The Balaban J connectivity index is 1.53. The molecule has 5 aromatic rings. The molecule has 0 spiro atoms. The number of nitrogens with zero attached hydrogens (tertiary/aromatic N) is 1. The summed E-state index contributed by atoms with van der Waals surface area (Å²) in [6.45, 7) is 6.83. The van der Waals surface area contributed by atoms with Crippen LogP contribution in [0.15, 0.2) is 83.4 Å². The Labute approximate surface area is 208 Å². The van der Waals surface area contributed by atoms with Gasteiger partial charge in [-0.1, -0.05) is 88.9 Å². The Kier molecular flexibility index (Phi) is 5.48. The highest BCUT2D eigenvalue weighted by atomic mass is 16.3. The van der Waals surface area contributed by atoms with Crippen molar-refractivity contribution in [3.63, 3.8) is 0 Å². The second kappa shape index (κ2) is 8.68. The number of fused-ring (bicyclic) bond motifs is 3. The van der Waals surface area contributed by atoms with E-state index in [2.05, 4.69) is 93.6 Å². The van der Waals surface area contributed by atoms with Crippen LogP contribution in [0.2, 0.25) is 0 Å². The molecule has 2 heterocycles. The van der Waals surface area contributed by atoms with Crippen LogP contribution in [-0.4, -0.2) is 4.98 Å². The molecule has 2 aromatic heterocycles. The largest absolute Gasteiger partial charge is 0.455 e. The first-order chi connectivity index (χ1) is 17.0. The molecule has 0 aliphatic heterocycles. The molecule has 0 unspecified atom stereocenters. The normalized spacial score (nSPS) is 14.8. The van der Waals surface area contributed by atoms with Gasteiger partial charge < -0.3 is 4.42 Å². The molecule has 1 aliphatic rings. The average molecular weight is 460 g/mol. The predicted molar refractivity (Wildman–Crippen MR) is 147 cm³/mol. The Morgan fingerprint density at radius 2 is 1.66 bits per heavy atom. The molecule has 0 bridgehead atoms. The average Bonchev–Trinajstić information content (AvgIpc) is 3.51. The molecule has 6 rings (SSSR count). The van der Waals surface area contributed by atoms with Crippen molar-refractivity contribution in [3.8, 4) is 22.4 Å². The highest BCUT2D eigenvalue weighted by molar-refractivity contribution is 6.12. The van der Waals surface area contributed by atoms with Crippen LogP contribution >= 0.6 is 0 Å². The fourth-order valence-corrected chi connectivity index (χ4v) is 5.81. The van der Waals surface area contributed by atoms with E-state index in [9.17, 15) is 0 Å². The number of hydrogen-bond acceptors (Lipinski definition) is 2. The van der Waals surface area contributed by atoms with E-state index in [1.165, 1.54) is 58.7 Å². The van der Waals surface area contributed by atoms with E-state index in [0.717, 1.165) is 34.8 Å². The molecular formula is C33H33NO. The summed E-state index contributed by atoms with van der Waals surface area (Å²) in [5.41, 5.74) is 9.04. The van der Waals surface area contributed by atoms with Crippen LogP contribution in [0.1, 0.15) is 57.6 Å². The predicted octanol–water partition coefficient (Wildman–Crippen LogP) is 9.35. The Morgan fingerprint density at radius 3 is 2.43 bits per heavy atom. The van der Waals surface area contributed by atoms with Crippen LogP contribution in [0.3, 0.4) is 0 Å². The van der Waals surface area contributed by atoms with E-state index in [1.807, 2.05) is 6.20 Å². The molecule has 0 N–H and O–H groups in total. The SMILES string of the molecule is CC(C)(C)c1ccc(-c2cc(CC3CCCC3)ccn2)c2oc3cc(-c4ccccc4)ccc3c12. The smallest absolute Gasteiger partial charge is 0.145 e. The van der Waals surface area contributed by atoms with Crippen LogP contribution < -0.4 is 0 Å². The van der Waals surface area contributed by atoms with E-state index in [-0.39, 0.29) is 5.41 Å². The van der Waals surface area contributed by atoms with Gasteiger partial charge in [-0.3, -0.25) is 4.98 Å². The highest BCUT2D eigenvalue weighted by Crippen LogP contribution is 2.42. The summed E-state index contributed by atoms with van der Waals surface area (Å²) in [5, 5.41) is 2.39. The van der Waals surface area contributed by atoms with Crippen LogP contribution in [0.5, 0.6) is 0 Å². The second-order valence-electron chi connectivity index (χ2n) is 11.2. The fourth-order valence-electron chi connectivity index (χ4n) is 5.81. The quantitative estimate of drug-likeness (QED) is 0.267. The van der Waals surface area contributed by atoms with Gasteiger partial charge in [-0.25, -0.2) is 0 Å². The molecule has 1 aliphatic carbocycles. The molecule has 1 fully saturated rings. The van der Waals surface area contributed by atoms with Crippen molar-refractivity contribution < 1.29 is 4.42 Å². The molecule has 0 atom stereocenters. The minimum atomic E-state index is 0.00341. The maximum absolute atomic E-state index is 6.67. The second-order valence-corrected chi connectivity index (χ2v) is 11.2. The van der Waals surface area contributed by atoms with E-state index in [4.69, 9.17) is 9.40 Å². The van der Waals surface area contributed by atoms with E-state index in [0.29, 0.717) is 0 Å². The third-order valence-corrected chi connectivity index (χ3v) is 7.64. The standard InChI is InChI=1S/C33H33NO/c1-33(2,3)28-16-15-26(29-20-23(17-18-34-29)19-22-9-7-8-10-22)32-31(28)27-14-13-25(21-30(27)35-32)24-11-5-4-6-12-24/h4-6,11-18,20-22H,7-10,19H2,1-3H3. The van der Waals surface area contributed by atoms with Crippen molar-refractivity contribution >= 4 is 21.9 Å². The number of hydrogen-bond donors (Lipinski definition) is 0. The first-order valence-corrected chi connectivity index (χ1v) is 13.0. The summed E-state index contributed by atoms with van der Waals surface area (Å²) in [5.74, 6) is 0.816. The zero-order valence-electron chi connectivity index (χ0n) is 21.0. The van der Waals surface area contributed by atoms with Gasteiger partial charge in [-0.05, 0) is 70.3 Å². The van der Waals surface area contributed by atoms with Gasteiger partial charge in [0.15, 0.2) is 0 Å². The number of rotatable bonds is 4. The maximum Gasteiger partial charge on any atom is 0.145 e. The first-order valence-electron chi connectivity index (χ1n) is 13.0. The minimum absolute atomic E-state index is 0.00341. The summed E-state index contributed by atoms with van der Waals surface area (Å²) in [6, 6.07) is 26.1. The van der Waals surface area contributed by atoms with Crippen LogP contribution in [0.25, 0.3) is 44.3 Å². The van der Waals surface area contributed by atoms with Crippen LogP contribution in [0.4, 0.5) is 0 Å². The van der Waals surface area contributed by atoms with Gasteiger partial charge >= 0.3 is 0 Å². The lowest BCUT2D eigenvalue weighted by Crippen LogP contribution is -2.11. The third-order valence-electron chi connectivity index (χ3n) is 7.64. The van der Waals surface area contributed by atoms with Crippen LogP contribution in [-0.2, 0) is 11.8 Å². The molecular weight excluding hydrogens is 426 g/mol. The van der Waals surface area contributed by atoms with Crippen molar-refractivity contribution in [2.24, 2.45) is 5.92 Å². The molecule has 3 aromatic carbocycles. The van der Waals surface area contributed by atoms with Gasteiger partial charge in [0.1, 0.15) is 11.2 Å². The lowest BCUT2D eigenvalue weighted by atomic mass is 9.83. The van der Waals surface area contributed by atoms with Crippen molar-refractivity contribution in [1.82, 2.24) is 4.98 Å². The van der Waals surface area contributed by atoms with Gasteiger partial charge in [0.25, 0.3) is 0 Å². The maximum atomic E-state index is 6.67. The molecule has 176 valence electrons. The summed E-state index contributed by atoms with van der Waals surface area (Å²) < 4.78 is 6.67. The molecule has 1 saturated carbocycles. The van der Waals surface area contributed by atoms with E-state index < -0.39 is 0 Å². The molecule has 0 radical (unpaired) electrons. The highest BCUT2D eigenvalue weighted by Gasteiger charge is 2.24. The zero-order chi connectivity index (χ0) is 24.0. The van der Waals surface area contributed by atoms with Crippen molar-refractivity contribution in [1.29, 1.82) is 0 Å². The first kappa shape index (κ1) is 22.1. The number of aromatic nitrogens is 1. The van der Waals surface area contributed by atoms with Crippen LogP contribution in [0, 0.1) is 5.92 Å². The van der Waals surface area contributed by atoms with E-state index >= 15 is 0 Å². The van der Waals surface area contributed by atoms with Crippen molar-refractivity contribution in [2.45, 2.75) is 58.3 Å². The number of furan rings is 1. The zero-order valence-corrected chi connectivity index (χ0v) is 21.0. The lowest BCUT2D eigenvalue weighted by molar-refractivity contribution is 0.546. The summed E-state index contributed by atoms with van der Waals surface area (Å²) >= 11 is 0. The molecule has 0 saturated heterocycles. The van der Waals surface area contributed by atoms with Gasteiger partial charge in [0, 0.05) is 22.5 Å². The fraction of sp³-hybridized carbons (Fsp3) is 0.303. The van der Waals surface area contributed by atoms with Gasteiger partial charge in [0.2, 0.25) is 0 Å². The number of benzene rings is 3. The van der Waals surface area contributed by atoms with Crippen molar-refractivity contribution in [2.75, 3.05) is 0 Å². The lowest BCUT2D eigenvalue weighted by Gasteiger charge is -2.21. The third kappa shape index (κ3) is 4.16. The minimum Gasteiger partial charge on any atom is -0.455 e. The Hall–Kier alpha value is -3.39. The monoisotopic (exact) mass is 459 g/mol. The molecule has 2 nitrogen and oxygen atoms in total. The van der Waals surface area contributed by atoms with E-state index in [1.54, 1.807) is 0 Å².